The summed E-state index contributed by atoms with van der Waals surface area (Å²) in [7, 11) is 0. The number of anilines is 3. The molecule has 0 aromatic carbocycles. The molecule has 0 aliphatic heterocycles. The molecule has 0 atom stereocenters. The average Bonchev–Trinajstić information content (AvgIpc) is 1.81. The predicted molar refractivity (Wildman–Crippen MR) is 39.3 cm³/mol. The maximum Gasteiger partial charge on any atom is 0.291 e. The van der Waals surface area contributed by atoms with E-state index in [0.29, 0.717) is 0 Å². The van der Waals surface area contributed by atoms with E-state index in [1.165, 1.54) is 0 Å². The van der Waals surface area contributed by atoms with E-state index in [1.54, 1.807) is 5.43 Å². The van der Waals surface area contributed by atoms with Crippen molar-refractivity contribution in [2.75, 3.05) is 16.9 Å². The van der Waals surface area contributed by atoms with Crippen molar-refractivity contribution < 1.29 is 5.03 Å². The largest absolute Gasteiger partial charge is 0.368 e. The number of hydrazine groups is 1. The summed E-state index contributed by atoms with van der Waals surface area (Å²) >= 11 is 0. The zero-order valence-corrected chi connectivity index (χ0v) is 5.76. The minimum atomic E-state index is -0.825. The van der Waals surface area contributed by atoms with Crippen LogP contribution in [-0.4, -0.2) is 20.0 Å². The first-order valence-electron chi connectivity index (χ1n) is 2.76. The molecule has 9 nitrogen and oxygen atoms in total. The third kappa shape index (κ3) is 1.90. The fourth-order valence-electron chi connectivity index (χ4n) is 0.541. The summed E-state index contributed by atoms with van der Waals surface area (Å²) in [6.07, 6.45) is 0. The quantitative estimate of drug-likeness (QED) is 0.365. The molecule has 1 aromatic rings. The first-order chi connectivity index (χ1) is 5.58. The highest BCUT2D eigenvalue weighted by Gasteiger charge is 2.05. The first kappa shape index (κ1) is 7.91. The molecule has 9 heteroatoms. The van der Waals surface area contributed by atoms with Crippen molar-refractivity contribution in [2.24, 2.45) is 0 Å². The third-order valence-corrected chi connectivity index (χ3v) is 0.861. The Morgan fingerprint density at radius 2 is 1.75 bits per heavy atom. The summed E-state index contributed by atoms with van der Waals surface area (Å²) in [5.41, 5.74) is 11.9. The van der Waals surface area contributed by atoms with Gasteiger partial charge >= 0.3 is 0 Å². The van der Waals surface area contributed by atoms with Crippen molar-refractivity contribution >= 4 is 17.8 Å². The number of nitrogens with one attached hydrogen (secondary N) is 1. The molecule has 0 amide bonds. The molecule has 0 aliphatic carbocycles. The normalized spacial score (nSPS) is 9.33. The van der Waals surface area contributed by atoms with Gasteiger partial charge in [-0.15, -0.1) is 0 Å². The second-order valence-electron chi connectivity index (χ2n) is 1.74. The minimum absolute atomic E-state index is 0.174. The first-order valence-corrected chi connectivity index (χ1v) is 2.76. The molecule has 0 aliphatic rings. The van der Waals surface area contributed by atoms with E-state index in [2.05, 4.69) is 15.0 Å². The van der Waals surface area contributed by atoms with E-state index in [1.807, 2.05) is 0 Å². The second-order valence-corrected chi connectivity index (χ2v) is 1.74. The van der Waals surface area contributed by atoms with E-state index in [0.717, 1.165) is 0 Å². The van der Waals surface area contributed by atoms with Gasteiger partial charge in [-0.3, -0.25) is 0 Å². The lowest BCUT2D eigenvalue weighted by Gasteiger charge is -1.97. The minimum Gasteiger partial charge on any atom is -0.368 e. The number of aromatic nitrogens is 3. The van der Waals surface area contributed by atoms with Crippen molar-refractivity contribution in [1.29, 1.82) is 0 Å². The van der Waals surface area contributed by atoms with Gasteiger partial charge in [-0.05, 0) is 0 Å². The van der Waals surface area contributed by atoms with Crippen molar-refractivity contribution in [3.63, 3.8) is 0 Å². The molecule has 0 bridgehead atoms. The zero-order valence-electron chi connectivity index (χ0n) is 5.76. The molecular formula is C3H5N7O2. The van der Waals surface area contributed by atoms with Gasteiger partial charge in [-0.25, -0.2) is 10.1 Å². The lowest BCUT2D eigenvalue weighted by Crippen LogP contribution is -2.13. The topological polar surface area (TPSA) is 146 Å². The second kappa shape index (κ2) is 2.82. The van der Waals surface area contributed by atoms with Crippen LogP contribution in [0.4, 0.5) is 17.8 Å². The molecule has 0 unspecified atom stereocenters. The third-order valence-electron chi connectivity index (χ3n) is 0.861. The van der Waals surface area contributed by atoms with Gasteiger partial charge in [0, 0.05) is 0 Å². The van der Waals surface area contributed by atoms with Crippen LogP contribution in [0, 0.1) is 10.1 Å². The monoisotopic (exact) mass is 171 g/mol. The predicted octanol–water partition coefficient (Wildman–Crippen LogP) is -1.36. The van der Waals surface area contributed by atoms with Crippen molar-refractivity contribution in [1.82, 2.24) is 15.0 Å². The van der Waals surface area contributed by atoms with E-state index < -0.39 is 5.03 Å². The number of nitrogen functional groups attached to an aromatic ring is 2. The average molecular weight is 171 g/mol. The Balaban J connectivity index is 2.93. The molecule has 0 saturated heterocycles. The molecule has 0 fully saturated rings. The maximum atomic E-state index is 9.90. The number of nitro groups is 1. The standard InChI is InChI=1S/C3H5N7O2/c4-1-6-2(5)8-3(7-1)9-10(11)12/h(H5,4,5,6,7,8,9). The van der Waals surface area contributed by atoms with E-state index in [4.69, 9.17) is 11.5 Å². The Hall–Kier alpha value is -2.19. The summed E-state index contributed by atoms with van der Waals surface area (Å²) in [5, 5.41) is 9.08. The van der Waals surface area contributed by atoms with Crippen LogP contribution in [0.15, 0.2) is 0 Å². The Kier molecular flexibility index (Phi) is 1.86. The van der Waals surface area contributed by atoms with Gasteiger partial charge in [0.15, 0.2) is 5.03 Å². The maximum absolute atomic E-state index is 9.90. The van der Waals surface area contributed by atoms with Crippen molar-refractivity contribution in [3.05, 3.63) is 10.1 Å². The van der Waals surface area contributed by atoms with Crippen molar-refractivity contribution in [3.8, 4) is 0 Å². The van der Waals surface area contributed by atoms with Crippen LogP contribution in [0.5, 0.6) is 0 Å². The summed E-state index contributed by atoms with van der Waals surface area (Å²) in [4.78, 5) is 20.1. The lowest BCUT2D eigenvalue weighted by molar-refractivity contribution is -0.446. The molecule has 0 radical (unpaired) electrons. The van der Waals surface area contributed by atoms with Crippen LogP contribution in [0.25, 0.3) is 0 Å². The Morgan fingerprint density at radius 3 is 2.17 bits per heavy atom. The van der Waals surface area contributed by atoms with Crippen LogP contribution in [0.3, 0.4) is 0 Å². The molecule has 0 spiro atoms. The smallest absolute Gasteiger partial charge is 0.291 e. The lowest BCUT2D eigenvalue weighted by atomic mass is 10.8. The van der Waals surface area contributed by atoms with Crippen LogP contribution >= 0.6 is 0 Å². The molecule has 0 saturated carbocycles. The van der Waals surface area contributed by atoms with Gasteiger partial charge in [-0.2, -0.15) is 15.0 Å². The van der Waals surface area contributed by atoms with Gasteiger partial charge in [0.05, 0.1) is 0 Å². The number of nitrogens with zero attached hydrogens (tertiary/aromatic N) is 4. The number of rotatable bonds is 2. The SMILES string of the molecule is Nc1nc(N)nc(N[N+](=O)[O-])n1. The van der Waals surface area contributed by atoms with Gasteiger partial charge < -0.3 is 11.5 Å². The van der Waals surface area contributed by atoms with Gasteiger partial charge in [-0.1, -0.05) is 5.43 Å². The summed E-state index contributed by atoms with van der Waals surface area (Å²) < 4.78 is 0. The molecule has 5 N–H and O–H groups in total. The highest BCUT2D eigenvalue weighted by atomic mass is 16.7. The summed E-state index contributed by atoms with van der Waals surface area (Å²) in [5.74, 6) is -0.635. The van der Waals surface area contributed by atoms with Crippen LogP contribution in [-0.2, 0) is 0 Å². The van der Waals surface area contributed by atoms with Crippen molar-refractivity contribution in [2.45, 2.75) is 0 Å². The van der Waals surface area contributed by atoms with Crippen LogP contribution in [0.1, 0.15) is 0 Å². The van der Waals surface area contributed by atoms with Crippen LogP contribution in [0.2, 0.25) is 0 Å². The van der Waals surface area contributed by atoms with Crippen LogP contribution < -0.4 is 16.9 Å². The number of hydrogen-bond acceptors (Lipinski definition) is 7. The molecule has 12 heavy (non-hydrogen) atoms. The molecule has 1 aromatic heterocycles. The Morgan fingerprint density at radius 1 is 1.25 bits per heavy atom. The molecular weight excluding hydrogens is 166 g/mol. The highest BCUT2D eigenvalue weighted by Crippen LogP contribution is 2.02. The Labute approximate surface area is 65.9 Å². The summed E-state index contributed by atoms with van der Waals surface area (Å²) in [6, 6.07) is 0. The van der Waals surface area contributed by atoms with E-state index in [-0.39, 0.29) is 17.8 Å². The van der Waals surface area contributed by atoms with Gasteiger partial charge in [0.2, 0.25) is 11.9 Å². The number of hydrogen-bond donors (Lipinski definition) is 3. The summed E-state index contributed by atoms with van der Waals surface area (Å²) in [6.45, 7) is 0. The molecule has 1 heterocycles. The van der Waals surface area contributed by atoms with E-state index in [9.17, 15) is 10.1 Å². The molecule has 64 valence electrons. The fraction of sp³-hybridized carbons (Fsp3) is 0. The molecule has 1 rings (SSSR count). The highest BCUT2D eigenvalue weighted by molar-refractivity contribution is 5.35. The zero-order chi connectivity index (χ0) is 9.14. The number of nitrogens with two attached hydrogens (primary N) is 2. The fourth-order valence-corrected chi connectivity index (χ4v) is 0.541. The van der Waals surface area contributed by atoms with Gasteiger partial charge in [0.1, 0.15) is 0 Å². The van der Waals surface area contributed by atoms with Gasteiger partial charge in [0.25, 0.3) is 5.95 Å². The van der Waals surface area contributed by atoms with E-state index >= 15 is 0 Å². The Bertz CT molecular complexity index is 291.